The van der Waals surface area contributed by atoms with E-state index >= 15 is 0 Å². The van der Waals surface area contributed by atoms with E-state index in [1.807, 2.05) is 6.07 Å². The Bertz CT molecular complexity index is 464. The molecule has 0 aliphatic carbocycles. The molecule has 0 bridgehead atoms. The molecule has 3 heteroatoms. The first-order valence-electron chi connectivity index (χ1n) is 6.85. The predicted octanol–water partition coefficient (Wildman–Crippen LogP) is 1.86. The lowest BCUT2D eigenvalue weighted by Crippen LogP contribution is -2.31. The van der Waals surface area contributed by atoms with Crippen LogP contribution in [-0.4, -0.2) is 32.5 Å². The molecule has 2 aliphatic heterocycles. The summed E-state index contributed by atoms with van der Waals surface area (Å²) in [6.45, 7) is 3.02. The zero-order valence-corrected chi connectivity index (χ0v) is 10.9. The molecule has 1 aromatic carbocycles. The Morgan fingerprint density at radius 2 is 2.11 bits per heavy atom. The van der Waals surface area contributed by atoms with Gasteiger partial charge in [0.2, 0.25) is 0 Å². The van der Waals surface area contributed by atoms with E-state index in [-0.39, 0.29) is 5.92 Å². The summed E-state index contributed by atoms with van der Waals surface area (Å²) in [5.41, 5.74) is 3.53. The minimum Gasteiger partial charge on any atom is -0.374 e. The first kappa shape index (κ1) is 11.7. The van der Waals surface area contributed by atoms with E-state index in [0.29, 0.717) is 5.78 Å². The second kappa shape index (κ2) is 4.73. The van der Waals surface area contributed by atoms with E-state index in [2.05, 4.69) is 29.4 Å². The van der Waals surface area contributed by atoms with Crippen molar-refractivity contribution in [2.45, 2.75) is 19.3 Å². The molecule has 0 saturated carbocycles. The predicted molar refractivity (Wildman–Crippen MR) is 73.3 cm³/mol. The summed E-state index contributed by atoms with van der Waals surface area (Å²) in [5, 5.41) is 3.31. The van der Waals surface area contributed by atoms with Gasteiger partial charge in [0.25, 0.3) is 0 Å². The molecule has 2 heterocycles. The van der Waals surface area contributed by atoms with Crippen LogP contribution in [0.15, 0.2) is 18.2 Å². The molecule has 18 heavy (non-hydrogen) atoms. The quantitative estimate of drug-likeness (QED) is 0.806. The van der Waals surface area contributed by atoms with Crippen LogP contribution in [0.2, 0.25) is 0 Å². The number of hydrogen-bond donors (Lipinski definition) is 1. The lowest BCUT2D eigenvalue weighted by Gasteiger charge is -2.21. The molecule has 0 unspecified atom stereocenters. The van der Waals surface area contributed by atoms with Gasteiger partial charge in [0.05, 0.1) is 0 Å². The highest BCUT2D eigenvalue weighted by atomic mass is 16.1. The lowest BCUT2D eigenvalue weighted by molar-refractivity contribution is 0.0895. The van der Waals surface area contributed by atoms with Crippen molar-refractivity contribution < 1.29 is 4.79 Å². The van der Waals surface area contributed by atoms with Gasteiger partial charge in [-0.3, -0.25) is 4.79 Å². The second-order valence-electron chi connectivity index (χ2n) is 5.40. The van der Waals surface area contributed by atoms with Gasteiger partial charge in [0, 0.05) is 30.8 Å². The molecule has 2 aliphatic rings. The summed E-state index contributed by atoms with van der Waals surface area (Å²) in [6, 6.07) is 6.23. The fourth-order valence-electron chi connectivity index (χ4n) is 3.04. The Morgan fingerprint density at radius 3 is 2.89 bits per heavy atom. The van der Waals surface area contributed by atoms with Crippen molar-refractivity contribution in [3.05, 3.63) is 29.3 Å². The number of likely N-dealkylation sites (N-methyl/N-ethyl adjacent to an activating group) is 1. The molecule has 1 aromatic rings. The Labute approximate surface area is 108 Å². The number of carbonyl (C=O) groups is 1. The summed E-state index contributed by atoms with van der Waals surface area (Å²) in [4.78, 5) is 14.7. The molecule has 96 valence electrons. The standard InChI is InChI=1S/C15H20N2O/c1-17-9-6-12-10-13(2-3-14(12)17)15(18)11-4-7-16-8-5-11/h2-3,10-11,16H,4-9H2,1H3. The normalized spacial score (nSPS) is 19.9. The highest BCUT2D eigenvalue weighted by Crippen LogP contribution is 2.29. The first-order chi connectivity index (χ1) is 8.75. The number of fused-ring (bicyclic) bond motifs is 1. The maximum atomic E-state index is 12.4. The number of benzene rings is 1. The molecule has 3 rings (SSSR count). The van der Waals surface area contributed by atoms with Crippen LogP contribution in [0.1, 0.15) is 28.8 Å². The van der Waals surface area contributed by atoms with Crippen LogP contribution in [0.3, 0.4) is 0 Å². The number of ketones is 1. The molecule has 0 radical (unpaired) electrons. The van der Waals surface area contributed by atoms with E-state index in [1.54, 1.807) is 0 Å². The van der Waals surface area contributed by atoms with Crippen LogP contribution in [0, 0.1) is 5.92 Å². The molecule has 1 fully saturated rings. The minimum atomic E-state index is 0.225. The number of nitrogens with zero attached hydrogens (tertiary/aromatic N) is 1. The molecule has 0 atom stereocenters. The molecular formula is C15H20N2O. The van der Waals surface area contributed by atoms with Gasteiger partial charge in [0.15, 0.2) is 5.78 Å². The minimum absolute atomic E-state index is 0.225. The van der Waals surface area contributed by atoms with Crippen LogP contribution in [0.4, 0.5) is 5.69 Å². The van der Waals surface area contributed by atoms with Crippen LogP contribution in [-0.2, 0) is 6.42 Å². The van der Waals surface area contributed by atoms with Gasteiger partial charge in [-0.15, -0.1) is 0 Å². The summed E-state index contributed by atoms with van der Waals surface area (Å²) in [7, 11) is 2.11. The maximum Gasteiger partial charge on any atom is 0.166 e. The number of anilines is 1. The number of carbonyl (C=O) groups excluding carboxylic acids is 1. The van der Waals surface area contributed by atoms with E-state index in [4.69, 9.17) is 0 Å². The van der Waals surface area contributed by atoms with Gasteiger partial charge in [0.1, 0.15) is 0 Å². The zero-order valence-electron chi connectivity index (χ0n) is 10.9. The van der Waals surface area contributed by atoms with Crippen molar-refractivity contribution in [2.75, 3.05) is 31.6 Å². The third-order valence-corrected chi connectivity index (χ3v) is 4.20. The van der Waals surface area contributed by atoms with Crippen molar-refractivity contribution in [2.24, 2.45) is 5.92 Å². The van der Waals surface area contributed by atoms with E-state index in [1.165, 1.54) is 11.3 Å². The molecule has 0 aromatic heterocycles. The topological polar surface area (TPSA) is 32.3 Å². The maximum absolute atomic E-state index is 12.4. The number of hydrogen-bond acceptors (Lipinski definition) is 3. The number of nitrogens with one attached hydrogen (secondary N) is 1. The SMILES string of the molecule is CN1CCc2cc(C(=O)C3CCNCC3)ccc21. The third-order valence-electron chi connectivity index (χ3n) is 4.20. The van der Waals surface area contributed by atoms with Gasteiger partial charge in [-0.1, -0.05) is 0 Å². The van der Waals surface area contributed by atoms with Crippen molar-refractivity contribution in [1.29, 1.82) is 0 Å². The number of piperidine rings is 1. The van der Waals surface area contributed by atoms with Crippen molar-refractivity contribution >= 4 is 11.5 Å². The van der Waals surface area contributed by atoms with Crippen molar-refractivity contribution in [3.63, 3.8) is 0 Å². The largest absolute Gasteiger partial charge is 0.374 e. The summed E-state index contributed by atoms with van der Waals surface area (Å²) >= 11 is 0. The van der Waals surface area contributed by atoms with Crippen LogP contribution in [0.5, 0.6) is 0 Å². The van der Waals surface area contributed by atoms with E-state index < -0.39 is 0 Å². The lowest BCUT2D eigenvalue weighted by atomic mass is 9.89. The summed E-state index contributed by atoms with van der Waals surface area (Å²) < 4.78 is 0. The Kier molecular flexibility index (Phi) is 3.08. The van der Waals surface area contributed by atoms with Crippen molar-refractivity contribution in [1.82, 2.24) is 5.32 Å². The number of Topliss-reactive ketones (excluding diaryl/α,β-unsaturated/α-hetero) is 1. The van der Waals surface area contributed by atoms with E-state index in [9.17, 15) is 4.79 Å². The van der Waals surface area contributed by atoms with Gasteiger partial charge < -0.3 is 10.2 Å². The fraction of sp³-hybridized carbons (Fsp3) is 0.533. The molecule has 1 N–H and O–H groups in total. The zero-order chi connectivity index (χ0) is 12.5. The smallest absolute Gasteiger partial charge is 0.166 e. The molecule has 3 nitrogen and oxygen atoms in total. The van der Waals surface area contributed by atoms with Crippen molar-refractivity contribution in [3.8, 4) is 0 Å². The molecule has 0 amide bonds. The number of rotatable bonds is 2. The van der Waals surface area contributed by atoms with Crippen LogP contribution in [0.25, 0.3) is 0 Å². The Hall–Kier alpha value is -1.35. The third kappa shape index (κ3) is 2.03. The van der Waals surface area contributed by atoms with Crippen LogP contribution < -0.4 is 10.2 Å². The average molecular weight is 244 g/mol. The molecular weight excluding hydrogens is 224 g/mol. The highest BCUT2D eigenvalue weighted by molar-refractivity contribution is 5.98. The van der Waals surface area contributed by atoms with Gasteiger partial charge in [-0.25, -0.2) is 0 Å². The van der Waals surface area contributed by atoms with Gasteiger partial charge >= 0.3 is 0 Å². The van der Waals surface area contributed by atoms with Gasteiger partial charge in [-0.05, 0) is 56.1 Å². The monoisotopic (exact) mass is 244 g/mol. The Balaban J connectivity index is 1.82. The average Bonchev–Trinajstić information content (AvgIpc) is 2.80. The fourth-order valence-corrected chi connectivity index (χ4v) is 3.04. The summed E-state index contributed by atoms with van der Waals surface area (Å²) in [5.74, 6) is 0.567. The first-order valence-corrected chi connectivity index (χ1v) is 6.85. The molecule has 0 spiro atoms. The van der Waals surface area contributed by atoms with Gasteiger partial charge in [-0.2, -0.15) is 0 Å². The molecule has 1 saturated heterocycles. The van der Waals surface area contributed by atoms with E-state index in [0.717, 1.165) is 44.5 Å². The Morgan fingerprint density at radius 1 is 1.33 bits per heavy atom. The van der Waals surface area contributed by atoms with Crippen LogP contribution >= 0.6 is 0 Å². The summed E-state index contributed by atoms with van der Waals surface area (Å²) in [6.07, 6.45) is 3.03. The highest BCUT2D eigenvalue weighted by Gasteiger charge is 2.24. The second-order valence-corrected chi connectivity index (χ2v) is 5.40.